The first kappa shape index (κ1) is 15.0. The van der Waals surface area contributed by atoms with E-state index in [9.17, 15) is 4.79 Å². The number of ether oxygens (including phenoxy) is 1. The molecule has 1 aromatic heterocycles. The average Bonchev–Trinajstić information content (AvgIpc) is 2.88. The number of aryl methyl sites for hydroxylation is 2. The molecule has 0 aliphatic carbocycles. The molecular formula is C14H24N4O2. The van der Waals surface area contributed by atoms with Crippen molar-refractivity contribution < 1.29 is 9.53 Å². The molecule has 1 fully saturated rings. The first-order valence-corrected chi connectivity index (χ1v) is 7.30. The van der Waals surface area contributed by atoms with Crippen molar-refractivity contribution in [1.82, 2.24) is 20.0 Å². The fourth-order valence-electron chi connectivity index (χ4n) is 2.25. The zero-order chi connectivity index (χ0) is 14.2. The summed E-state index contributed by atoms with van der Waals surface area (Å²) in [6.07, 6.45) is 5.23. The van der Waals surface area contributed by atoms with Gasteiger partial charge in [0.05, 0.1) is 19.4 Å². The van der Waals surface area contributed by atoms with E-state index in [1.54, 1.807) is 6.20 Å². The van der Waals surface area contributed by atoms with Crippen LogP contribution in [0.4, 0.5) is 0 Å². The highest BCUT2D eigenvalue weighted by molar-refractivity contribution is 5.75. The summed E-state index contributed by atoms with van der Waals surface area (Å²) in [6.45, 7) is 8.08. The number of hydrogen-bond donors (Lipinski definition) is 1. The molecule has 20 heavy (non-hydrogen) atoms. The molecule has 2 heterocycles. The van der Waals surface area contributed by atoms with Crippen LogP contribution in [0.25, 0.3) is 0 Å². The SMILES string of the molecule is Cc1cnn(CCC(=O)NCCCN2CCOCC2)c1. The predicted octanol–water partition coefficient (Wildman–Crippen LogP) is 0.420. The van der Waals surface area contributed by atoms with Gasteiger partial charge in [-0.3, -0.25) is 14.4 Å². The number of morpholine rings is 1. The maximum absolute atomic E-state index is 11.7. The maximum Gasteiger partial charge on any atom is 0.221 e. The standard InChI is InChI=1S/C14H24N4O2/c1-13-11-16-18(12-13)6-3-14(19)15-4-2-5-17-7-9-20-10-8-17/h11-12H,2-10H2,1H3,(H,15,19). The molecular weight excluding hydrogens is 256 g/mol. The van der Waals surface area contributed by atoms with Crippen LogP contribution in [-0.2, 0) is 16.1 Å². The molecule has 0 aromatic carbocycles. The molecule has 1 saturated heterocycles. The second-order valence-electron chi connectivity index (χ2n) is 5.19. The molecule has 0 bridgehead atoms. The summed E-state index contributed by atoms with van der Waals surface area (Å²) in [7, 11) is 0. The fraction of sp³-hybridized carbons (Fsp3) is 0.714. The number of amides is 1. The summed E-state index contributed by atoms with van der Waals surface area (Å²) in [6, 6.07) is 0. The number of rotatable bonds is 7. The lowest BCUT2D eigenvalue weighted by Crippen LogP contribution is -2.38. The van der Waals surface area contributed by atoms with Crippen LogP contribution in [-0.4, -0.2) is 60.0 Å². The Morgan fingerprint density at radius 2 is 2.20 bits per heavy atom. The molecule has 1 amide bonds. The quantitative estimate of drug-likeness (QED) is 0.735. The van der Waals surface area contributed by atoms with Gasteiger partial charge in [-0.25, -0.2) is 0 Å². The van der Waals surface area contributed by atoms with Gasteiger partial charge in [-0.15, -0.1) is 0 Å². The number of nitrogens with zero attached hydrogens (tertiary/aromatic N) is 3. The van der Waals surface area contributed by atoms with Gasteiger partial charge >= 0.3 is 0 Å². The summed E-state index contributed by atoms with van der Waals surface area (Å²) >= 11 is 0. The van der Waals surface area contributed by atoms with Crippen LogP contribution in [0.2, 0.25) is 0 Å². The number of aromatic nitrogens is 2. The average molecular weight is 280 g/mol. The molecule has 2 rings (SSSR count). The van der Waals surface area contributed by atoms with Gasteiger partial charge in [-0.1, -0.05) is 0 Å². The van der Waals surface area contributed by atoms with E-state index in [2.05, 4.69) is 15.3 Å². The molecule has 0 radical (unpaired) electrons. The van der Waals surface area contributed by atoms with Crippen LogP contribution in [0.5, 0.6) is 0 Å². The van der Waals surface area contributed by atoms with Crippen LogP contribution in [0.3, 0.4) is 0 Å². The van der Waals surface area contributed by atoms with Crippen LogP contribution in [0, 0.1) is 6.92 Å². The first-order chi connectivity index (χ1) is 9.74. The maximum atomic E-state index is 11.7. The van der Waals surface area contributed by atoms with Crippen LogP contribution < -0.4 is 5.32 Å². The largest absolute Gasteiger partial charge is 0.379 e. The zero-order valence-corrected chi connectivity index (χ0v) is 12.2. The van der Waals surface area contributed by atoms with Crippen molar-refractivity contribution in [2.24, 2.45) is 0 Å². The molecule has 1 aliphatic rings. The third-order valence-electron chi connectivity index (χ3n) is 3.41. The van der Waals surface area contributed by atoms with Crippen molar-refractivity contribution in [2.45, 2.75) is 26.3 Å². The van der Waals surface area contributed by atoms with E-state index in [0.29, 0.717) is 13.0 Å². The Morgan fingerprint density at radius 1 is 1.40 bits per heavy atom. The molecule has 6 nitrogen and oxygen atoms in total. The minimum absolute atomic E-state index is 0.0973. The van der Waals surface area contributed by atoms with Gasteiger partial charge in [-0.2, -0.15) is 5.10 Å². The van der Waals surface area contributed by atoms with E-state index in [-0.39, 0.29) is 5.91 Å². The lowest BCUT2D eigenvalue weighted by Gasteiger charge is -2.26. The highest BCUT2D eigenvalue weighted by atomic mass is 16.5. The number of carbonyl (C=O) groups is 1. The van der Waals surface area contributed by atoms with Crippen LogP contribution in [0.15, 0.2) is 12.4 Å². The normalized spacial score (nSPS) is 16.2. The molecule has 1 aromatic rings. The van der Waals surface area contributed by atoms with Gasteiger partial charge in [0, 0.05) is 38.8 Å². The minimum Gasteiger partial charge on any atom is -0.379 e. The highest BCUT2D eigenvalue weighted by Crippen LogP contribution is 1.98. The van der Waals surface area contributed by atoms with Crippen molar-refractivity contribution >= 4 is 5.91 Å². The summed E-state index contributed by atoms with van der Waals surface area (Å²) in [4.78, 5) is 14.1. The topological polar surface area (TPSA) is 59.4 Å². The van der Waals surface area contributed by atoms with Gasteiger partial charge < -0.3 is 10.1 Å². The molecule has 0 unspecified atom stereocenters. The van der Waals surface area contributed by atoms with Gasteiger partial charge in [0.2, 0.25) is 5.91 Å². The lowest BCUT2D eigenvalue weighted by molar-refractivity contribution is -0.121. The molecule has 1 aliphatic heterocycles. The Morgan fingerprint density at radius 3 is 2.90 bits per heavy atom. The van der Waals surface area contributed by atoms with E-state index in [0.717, 1.165) is 51.4 Å². The fourth-order valence-corrected chi connectivity index (χ4v) is 2.25. The number of nitrogens with one attached hydrogen (secondary N) is 1. The number of carbonyl (C=O) groups excluding carboxylic acids is 1. The molecule has 0 saturated carbocycles. The Bertz CT molecular complexity index is 413. The Hall–Kier alpha value is -1.40. The summed E-state index contributed by atoms with van der Waals surface area (Å²) in [5.41, 5.74) is 1.12. The third-order valence-corrected chi connectivity index (χ3v) is 3.41. The molecule has 6 heteroatoms. The van der Waals surface area contributed by atoms with Gasteiger partial charge in [-0.05, 0) is 25.5 Å². The van der Waals surface area contributed by atoms with Crippen molar-refractivity contribution in [3.63, 3.8) is 0 Å². The van der Waals surface area contributed by atoms with E-state index in [4.69, 9.17) is 4.74 Å². The molecule has 0 spiro atoms. The monoisotopic (exact) mass is 280 g/mol. The lowest BCUT2D eigenvalue weighted by atomic mass is 10.3. The van der Waals surface area contributed by atoms with Gasteiger partial charge in [0.1, 0.15) is 0 Å². The van der Waals surface area contributed by atoms with Crippen LogP contribution in [0.1, 0.15) is 18.4 Å². The zero-order valence-electron chi connectivity index (χ0n) is 12.2. The molecule has 1 N–H and O–H groups in total. The van der Waals surface area contributed by atoms with Crippen LogP contribution >= 0.6 is 0 Å². The summed E-state index contributed by atoms with van der Waals surface area (Å²) < 4.78 is 7.11. The Labute approximate surface area is 120 Å². The van der Waals surface area contributed by atoms with Crippen molar-refractivity contribution in [3.05, 3.63) is 18.0 Å². The second-order valence-corrected chi connectivity index (χ2v) is 5.19. The van der Waals surface area contributed by atoms with E-state index >= 15 is 0 Å². The highest BCUT2D eigenvalue weighted by Gasteiger charge is 2.09. The predicted molar refractivity (Wildman–Crippen MR) is 76.5 cm³/mol. The Kier molecular flexibility index (Phi) is 6.01. The third kappa shape index (κ3) is 5.30. The van der Waals surface area contributed by atoms with Crippen molar-refractivity contribution in [3.8, 4) is 0 Å². The Balaban J connectivity index is 1.51. The van der Waals surface area contributed by atoms with Gasteiger partial charge in [0.15, 0.2) is 0 Å². The van der Waals surface area contributed by atoms with Crippen molar-refractivity contribution in [1.29, 1.82) is 0 Å². The summed E-state index contributed by atoms with van der Waals surface area (Å²) in [5, 5.41) is 7.12. The first-order valence-electron chi connectivity index (χ1n) is 7.30. The van der Waals surface area contributed by atoms with E-state index in [1.165, 1.54) is 0 Å². The summed E-state index contributed by atoms with van der Waals surface area (Å²) in [5.74, 6) is 0.0973. The second kappa shape index (κ2) is 8.01. The smallest absolute Gasteiger partial charge is 0.221 e. The molecule has 0 atom stereocenters. The van der Waals surface area contributed by atoms with E-state index < -0.39 is 0 Å². The van der Waals surface area contributed by atoms with Gasteiger partial charge in [0.25, 0.3) is 0 Å². The van der Waals surface area contributed by atoms with Crippen molar-refractivity contribution in [2.75, 3.05) is 39.4 Å². The minimum atomic E-state index is 0.0973. The number of hydrogen-bond acceptors (Lipinski definition) is 4. The molecule has 112 valence electrons. The van der Waals surface area contributed by atoms with E-state index in [1.807, 2.05) is 17.8 Å².